The molecule has 2 atom stereocenters. The molecule has 1 fully saturated rings. The molecule has 2 N–H and O–H groups in total. The maximum absolute atomic E-state index is 10.1. The number of ether oxygens (including phenoxy) is 1. The summed E-state index contributed by atoms with van der Waals surface area (Å²) in [6, 6.07) is 0. The largest absolute Gasteiger partial charge is 0.392 e. The number of nitrogens with zero attached hydrogens (tertiary/aromatic N) is 5. The quantitative estimate of drug-likeness (QED) is 0.566. The number of aromatic nitrogens is 3. The highest BCUT2D eigenvalue weighted by atomic mass is 32.1. The van der Waals surface area contributed by atoms with Crippen LogP contribution < -0.4 is 9.80 Å². The van der Waals surface area contributed by atoms with Gasteiger partial charge in [0.15, 0.2) is 0 Å². The SMILES string of the molecule is C[C@@H](O)CN(C[C@@H](C)O)c1ncnc2c1sc1nc(N3CCCC3)c3c(c12)CC(C)(C)OC3. The van der Waals surface area contributed by atoms with E-state index in [1.807, 2.05) is 4.90 Å². The molecule has 5 rings (SSSR count). The van der Waals surface area contributed by atoms with E-state index in [9.17, 15) is 10.2 Å². The fourth-order valence-electron chi connectivity index (χ4n) is 5.08. The summed E-state index contributed by atoms with van der Waals surface area (Å²) in [6.07, 6.45) is 3.68. The summed E-state index contributed by atoms with van der Waals surface area (Å²) >= 11 is 1.61. The maximum atomic E-state index is 10.1. The Morgan fingerprint density at radius 2 is 1.82 bits per heavy atom. The van der Waals surface area contributed by atoms with Gasteiger partial charge in [-0.2, -0.15) is 0 Å². The Balaban J connectivity index is 1.74. The van der Waals surface area contributed by atoms with Gasteiger partial charge in [0.2, 0.25) is 0 Å². The second-order valence-corrected chi connectivity index (χ2v) is 11.1. The fraction of sp³-hybridized carbons (Fsp3) is 0.625. The van der Waals surface area contributed by atoms with Gasteiger partial charge in [-0.3, -0.25) is 0 Å². The van der Waals surface area contributed by atoms with Gasteiger partial charge >= 0.3 is 0 Å². The molecule has 1 saturated heterocycles. The van der Waals surface area contributed by atoms with E-state index in [4.69, 9.17) is 14.7 Å². The van der Waals surface area contributed by atoms with E-state index in [1.54, 1.807) is 31.5 Å². The molecule has 0 saturated carbocycles. The van der Waals surface area contributed by atoms with E-state index in [0.29, 0.717) is 19.7 Å². The third kappa shape index (κ3) is 4.27. The minimum atomic E-state index is -0.547. The van der Waals surface area contributed by atoms with Crippen molar-refractivity contribution in [2.24, 2.45) is 0 Å². The zero-order valence-corrected chi connectivity index (χ0v) is 20.7. The molecule has 2 aliphatic rings. The topological polar surface area (TPSA) is 94.8 Å². The highest BCUT2D eigenvalue weighted by molar-refractivity contribution is 7.26. The van der Waals surface area contributed by atoms with E-state index in [-0.39, 0.29) is 5.60 Å². The van der Waals surface area contributed by atoms with Gasteiger partial charge in [-0.15, -0.1) is 11.3 Å². The molecule has 3 aromatic rings. The molecule has 33 heavy (non-hydrogen) atoms. The average Bonchev–Trinajstić information content (AvgIpc) is 3.38. The van der Waals surface area contributed by atoms with Gasteiger partial charge in [-0.1, -0.05) is 0 Å². The third-order valence-corrected chi connectivity index (χ3v) is 7.53. The van der Waals surface area contributed by atoms with Crippen molar-refractivity contribution >= 4 is 43.4 Å². The van der Waals surface area contributed by atoms with Gasteiger partial charge < -0.3 is 24.7 Å². The number of thiophene rings is 1. The van der Waals surface area contributed by atoms with Crippen LogP contribution in [0.1, 0.15) is 51.7 Å². The summed E-state index contributed by atoms with van der Waals surface area (Å²) < 4.78 is 7.17. The van der Waals surface area contributed by atoms with Gasteiger partial charge in [-0.25, -0.2) is 15.0 Å². The summed E-state index contributed by atoms with van der Waals surface area (Å²) in [4.78, 5) is 19.8. The predicted molar refractivity (Wildman–Crippen MR) is 132 cm³/mol. The monoisotopic (exact) mass is 471 g/mol. The summed E-state index contributed by atoms with van der Waals surface area (Å²) in [7, 11) is 0. The van der Waals surface area contributed by atoms with E-state index in [1.165, 1.54) is 24.0 Å². The molecule has 9 heteroatoms. The fourth-order valence-corrected chi connectivity index (χ4v) is 6.25. The lowest BCUT2D eigenvalue weighted by atomic mass is 9.90. The molecule has 2 aliphatic heterocycles. The minimum absolute atomic E-state index is 0.252. The van der Waals surface area contributed by atoms with Crippen LogP contribution in [0.15, 0.2) is 6.33 Å². The summed E-state index contributed by atoms with van der Waals surface area (Å²) in [5, 5.41) is 21.3. The van der Waals surface area contributed by atoms with Crippen molar-refractivity contribution in [3.63, 3.8) is 0 Å². The Bertz CT molecular complexity index is 1160. The third-order valence-electron chi connectivity index (χ3n) is 6.46. The molecule has 0 unspecified atom stereocenters. The molecule has 0 aliphatic carbocycles. The molecular weight excluding hydrogens is 438 g/mol. The van der Waals surface area contributed by atoms with Crippen molar-refractivity contribution < 1.29 is 14.9 Å². The Morgan fingerprint density at radius 1 is 1.12 bits per heavy atom. The van der Waals surface area contributed by atoms with Crippen molar-refractivity contribution in [1.29, 1.82) is 0 Å². The molecular formula is C24H33N5O3S. The van der Waals surface area contributed by atoms with Crippen molar-refractivity contribution in [3.05, 3.63) is 17.5 Å². The first kappa shape index (κ1) is 22.7. The maximum Gasteiger partial charge on any atom is 0.150 e. The Hall–Kier alpha value is -2.07. The van der Waals surface area contributed by atoms with Crippen LogP contribution in [0.25, 0.3) is 20.4 Å². The van der Waals surface area contributed by atoms with Crippen LogP contribution in [0.4, 0.5) is 11.6 Å². The smallest absolute Gasteiger partial charge is 0.150 e. The zero-order chi connectivity index (χ0) is 23.3. The van der Waals surface area contributed by atoms with E-state index in [0.717, 1.165) is 51.6 Å². The number of pyridine rings is 1. The molecule has 8 nitrogen and oxygen atoms in total. The van der Waals surface area contributed by atoms with E-state index < -0.39 is 12.2 Å². The number of hydrogen-bond donors (Lipinski definition) is 2. The number of hydrogen-bond acceptors (Lipinski definition) is 9. The molecule has 0 aromatic carbocycles. The average molecular weight is 472 g/mol. The van der Waals surface area contributed by atoms with Crippen LogP contribution in [0.2, 0.25) is 0 Å². The van der Waals surface area contributed by atoms with Crippen LogP contribution in [0.3, 0.4) is 0 Å². The number of rotatable bonds is 6. The van der Waals surface area contributed by atoms with Crippen LogP contribution in [0, 0.1) is 0 Å². The van der Waals surface area contributed by atoms with Crippen LogP contribution in [-0.4, -0.2) is 69.2 Å². The highest BCUT2D eigenvalue weighted by Gasteiger charge is 2.34. The first-order valence-electron chi connectivity index (χ1n) is 11.8. The van der Waals surface area contributed by atoms with Gasteiger partial charge in [0.1, 0.15) is 22.8 Å². The summed E-state index contributed by atoms with van der Waals surface area (Å²) in [5.41, 5.74) is 3.12. The molecule has 0 spiro atoms. The first-order chi connectivity index (χ1) is 15.7. The Morgan fingerprint density at radius 3 is 2.48 bits per heavy atom. The summed E-state index contributed by atoms with van der Waals surface area (Å²) in [6.45, 7) is 11.2. The Kier molecular flexibility index (Phi) is 5.93. The lowest BCUT2D eigenvalue weighted by Crippen LogP contribution is -2.37. The molecule has 3 aromatic heterocycles. The van der Waals surface area contributed by atoms with Gasteiger partial charge in [0.25, 0.3) is 0 Å². The highest BCUT2D eigenvalue weighted by Crippen LogP contribution is 2.44. The second-order valence-electron chi connectivity index (χ2n) is 10.1. The van der Waals surface area contributed by atoms with Crippen molar-refractivity contribution in [1.82, 2.24) is 15.0 Å². The van der Waals surface area contributed by atoms with Crippen LogP contribution in [0.5, 0.6) is 0 Å². The predicted octanol–water partition coefficient (Wildman–Crippen LogP) is 3.26. The summed E-state index contributed by atoms with van der Waals surface area (Å²) in [5.74, 6) is 1.80. The van der Waals surface area contributed by atoms with Crippen molar-refractivity contribution in [2.45, 2.75) is 71.4 Å². The lowest BCUT2D eigenvalue weighted by molar-refractivity contribution is -0.0395. The van der Waals surface area contributed by atoms with E-state index in [2.05, 4.69) is 23.7 Å². The van der Waals surface area contributed by atoms with Crippen LogP contribution >= 0.6 is 11.3 Å². The zero-order valence-electron chi connectivity index (χ0n) is 19.8. The number of anilines is 2. The number of fused-ring (bicyclic) bond motifs is 5. The molecule has 0 radical (unpaired) electrons. The Labute approximate surface area is 198 Å². The van der Waals surface area contributed by atoms with Gasteiger partial charge in [0, 0.05) is 43.5 Å². The van der Waals surface area contributed by atoms with Crippen molar-refractivity contribution in [2.75, 3.05) is 36.0 Å². The van der Waals surface area contributed by atoms with Crippen LogP contribution in [-0.2, 0) is 17.8 Å². The number of aliphatic hydroxyl groups excluding tert-OH is 2. The number of aliphatic hydroxyl groups is 2. The lowest BCUT2D eigenvalue weighted by Gasteiger charge is -2.34. The molecule has 0 bridgehead atoms. The van der Waals surface area contributed by atoms with Gasteiger partial charge in [0.05, 0.1) is 34.6 Å². The second kappa shape index (κ2) is 8.61. The van der Waals surface area contributed by atoms with Crippen molar-refractivity contribution in [3.8, 4) is 0 Å². The standard InChI is InChI=1S/C24H33N5O3S/c1-14(30)10-29(11-15(2)31)22-20-19(25-13-26-22)18-16-9-24(3,4)32-12-17(16)21(27-23(18)33-20)28-7-5-6-8-28/h13-15,30-31H,5-12H2,1-4H3/t14-,15-/m1/s1. The molecule has 178 valence electrons. The minimum Gasteiger partial charge on any atom is -0.392 e. The van der Waals surface area contributed by atoms with E-state index >= 15 is 0 Å². The normalized spacial score (nSPS) is 19.8. The first-order valence-corrected chi connectivity index (χ1v) is 12.6. The molecule has 5 heterocycles. The van der Waals surface area contributed by atoms with Gasteiger partial charge in [-0.05, 0) is 46.1 Å². The molecule has 0 amide bonds.